The minimum atomic E-state index is 0. The van der Waals surface area contributed by atoms with Crippen molar-refractivity contribution >= 4 is 29.9 Å². The Labute approximate surface area is 197 Å². The number of piperidine rings is 1. The van der Waals surface area contributed by atoms with Crippen LogP contribution in [0.3, 0.4) is 0 Å². The number of ether oxygens (including phenoxy) is 1. The summed E-state index contributed by atoms with van der Waals surface area (Å²) in [6, 6.07) is 14.8. The predicted octanol–water partition coefficient (Wildman–Crippen LogP) is 3.64. The van der Waals surface area contributed by atoms with E-state index in [4.69, 9.17) is 4.74 Å². The molecular formula is C23H34IN5O. The van der Waals surface area contributed by atoms with E-state index in [0.717, 1.165) is 50.0 Å². The molecule has 0 radical (unpaired) electrons. The number of hydrogen-bond donors (Lipinski definition) is 2. The molecule has 2 N–H and O–H groups in total. The van der Waals surface area contributed by atoms with E-state index in [1.807, 2.05) is 43.6 Å². The lowest BCUT2D eigenvalue weighted by molar-refractivity contribution is 0.164. The van der Waals surface area contributed by atoms with Crippen LogP contribution in [0.15, 0.2) is 53.7 Å². The number of pyridine rings is 1. The fourth-order valence-corrected chi connectivity index (χ4v) is 3.78. The normalized spacial score (nSPS) is 15.7. The lowest BCUT2D eigenvalue weighted by Crippen LogP contribution is -2.44. The lowest BCUT2D eigenvalue weighted by atomic mass is 10.0. The van der Waals surface area contributed by atoms with Crippen LogP contribution in [0.25, 0.3) is 0 Å². The van der Waals surface area contributed by atoms with Gasteiger partial charge in [0.2, 0.25) is 0 Å². The first-order valence-electron chi connectivity index (χ1n) is 10.5. The van der Waals surface area contributed by atoms with Crippen molar-refractivity contribution in [1.82, 2.24) is 20.5 Å². The van der Waals surface area contributed by atoms with E-state index in [0.29, 0.717) is 6.04 Å². The monoisotopic (exact) mass is 523 g/mol. The highest BCUT2D eigenvalue weighted by Gasteiger charge is 2.22. The first-order valence-corrected chi connectivity index (χ1v) is 10.5. The van der Waals surface area contributed by atoms with E-state index in [1.54, 1.807) is 7.11 Å². The van der Waals surface area contributed by atoms with Gasteiger partial charge in [-0.05, 0) is 55.8 Å². The van der Waals surface area contributed by atoms with Crippen molar-refractivity contribution in [3.8, 4) is 5.75 Å². The first kappa shape index (κ1) is 24.4. The largest absolute Gasteiger partial charge is 0.497 e. The Morgan fingerprint density at radius 2 is 1.87 bits per heavy atom. The molecule has 30 heavy (non-hydrogen) atoms. The Kier molecular flexibility index (Phi) is 10.9. The molecule has 1 saturated heterocycles. The number of halogens is 1. The third-order valence-electron chi connectivity index (χ3n) is 5.42. The fourth-order valence-electron chi connectivity index (χ4n) is 3.78. The summed E-state index contributed by atoms with van der Waals surface area (Å²) in [5.74, 6) is 1.72. The maximum atomic E-state index is 5.33. The Morgan fingerprint density at radius 3 is 2.50 bits per heavy atom. The Morgan fingerprint density at radius 1 is 1.10 bits per heavy atom. The maximum Gasteiger partial charge on any atom is 0.191 e. The molecule has 1 aliphatic rings. The molecule has 0 amide bonds. The SMILES string of the molecule is CN=C(NCCc1ccccn1)NCC(c1ccc(OC)cc1)N1CCCCC1.I. The Bertz CT molecular complexity index is 748. The van der Waals surface area contributed by atoms with E-state index in [2.05, 4.69) is 37.6 Å². The zero-order valence-corrected chi connectivity index (χ0v) is 20.3. The molecule has 0 saturated carbocycles. The van der Waals surface area contributed by atoms with Crippen molar-refractivity contribution in [3.05, 3.63) is 59.9 Å². The number of nitrogens with zero attached hydrogens (tertiary/aromatic N) is 3. The van der Waals surface area contributed by atoms with Gasteiger partial charge in [-0.2, -0.15) is 0 Å². The Hall–Kier alpha value is -1.87. The second-order valence-corrected chi connectivity index (χ2v) is 7.34. The summed E-state index contributed by atoms with van der Waals surface area (Å²) < 4.78 is 5.33. The molecule has 1 atom stereocenters. The van der Waals surface area contributed by atoms with Gasteiger partial charge in [0.25, 0.3) is 0 Å². The maximum absolute atomic E-state index is 5.33. The molecule has 1 aromatic carbocycles. The topological polar surface area (TPSA) is 61.8 Å². The molecule has 164 valence electrons. The third kappa shape index (κ3) is 7.43. The highest BCUT2D eigenvalue weighted by molar-refractivity contribution is 14.0. The van der Waals surface area contributed by atoms with E-state index < -0.39 is 0 Å². The van der Waals surface area contributed by atoms with Crippen molar-refractivity contribution in [2.24, 2.45) is 4.99 Å². The van der Waals surface area contributed by atoms with Crippen molar-refractivity contribution in [2.45, 2.75) is 31.7 Å². The van der Waals surface area contributed by atoms with Crippen LogP contribution in [-0.4, -0.2) is 56.2 Å². The first-order chi connectivity index (χ1) is 14.3. The molecule has 1 unspecified atom stereocenters. The molecule has 0 bridgehead atoms. The molecule has 6 nitrogen and oxygen atoms in total. The van der Waals surface area contributed by atoms with Gasteiger partial charge in [-0.15, -0.1) is 24.0 Å². The summed E-state index contributed by atoms with van der Waals surface area (Å²) in [5, 5.41) is 6.93. The zero-order valence-electron chi connectivity index (χ0n) is 18.0. The van der Waals surface area contributed by atoms with Crippen LogP contribution in [-0.2, 0) is 6.42 Å². The number of nitrogens with one attached hydrogen (secondary N) is 2. The van der Waals surface area contributed by atoms with Crippen molar-refractivity contribution in [2.75, 3.05) is 40.3 Å². The highest BCUT2D eigenvalue weighted by atomic mass is 127. The summed E-state index contributed by atoms with van der Waals surface area (Å²) in [5.41, 5.74) is 2.39. The fraction of sp³-hybridized carbons (Fsp3) is 0.478. The Balaban J connectivity index is 0.00000320. The van der Waals surface area contributed by atoms with E-state index in [1.165, 1.54) is 24.8 Å². The summed E-state index contributed by atoms with van der Waals surface area (Å²) in [7, 11) is 3.53. The number of benzene rings is 1. The van der Waals surface area contributed by atoms with Gasteiger partial charge in [0, 0.05) is 38.4 Å². The molecule has 0 spiro atoms. The number of methoxy groups -OCH3 is 1. The van der Waals surface area contributed by atoms with Gasteiger partial charge in [-0.1, -0.05) is 24.6 Å². The van der Waals surface area contributed by atoms with Crippen LogP contribution >= 0.6 is 24.0 Å². The molecule has 3 rings (SSSR count). The number of guanidine groups is 1. The van der Waals surface area contributed by atoms with Crippen molar-refractivity contribution in [3.63, 3.8) is 0 Å². The molecular weight excluding hydrogens is 489 g/mol. The van der Waals surface area contributed by atoms with Gasteiger partial charge < -0.3 is 15.4 Å². The second kappa shape index (κ2) is 13.4. The second-order valence-electron chi connectivity index (χ2n) is 7.34. The lowest BCUT2D eigenvalue weighted by Gasteiger charge is -2.35. The van der Waals surface area contributed by atoms with E-state index >= 15 is 0 Å². The molecule has 1 fully saturated rings. The smallest absolute Gasteiger partial charge is 0.191 e. The van der Waals surface area contributed by atoms with E-state index in [-0.39, 0.29) is 24.0 Å². The molecule has 1 aromatic heterocycles. The van der Waals surface area contributed by atoms with Gasteiger partial charge >= 0.3 is 0 Å². The summed E-state index contributed by atoms with van der Waals surface area (Å²) in [4.78, 5) is 11.3. The molecule has 2 aromatic rings. The number of likely N-dealkylation sites (tertiary alicyclic amines) is 1. The summed E-state index contributed by atoms with van der Waals surface area (Å²) in [6.07, 6.45) is 6.57. The number of rotatable bonds is 8. The minimum Gasteiger partial charge on any atom is -0.497 e. The van der Waals surface area contributed by atoms with Gasteiger partial charge in [0.05, 0.1) is 13.2 Å². The average molecular weight is 523 g/mol. The summed E-state index contributed by atoms with van der Waals surface area (Å²) in [6.45, 7) is 3.90. The van der Waals surface area contributed by atoms with Crippen LogP contribution in [0.4, 0.5) is 0 Å². The van der Waals surface area contributed by atoms with Crippen LogP contribution < -0.4 is 15.4 Å². The van der Waals surface area contributed by atoms with Crippen LogP contribution in [0, 0.1) is 0 Å². The zero-order chi connectivity index (χ0) is 20.3. The van der Waals surface area contributed by atoms with Gasteiger partial charge in [-0.3, -0.25) is 14.9 Å². The van der Waals surface area contributed by atoms with Crippen LogP contribution in [0.5, 0.6) is 5.75 Å². The highest BCUT2D eigenvalue weighted by Crippen LogP contribution is 2.25. The minimum absolute atomic E-state index is 0. The van der Waals surface area contributed by atoms with Gasteiger partial charge in [-0.25, -0.2) is 0 Å². The van der Waals surface area contributed by atoms with E-state index in [9.17, 15) is 0 Å². The summed E-state index contributed by atoms with van der Waals surface area (Å²) >= 11 is 0. The number of hydrogen-bond acceptors (Lipinski definition) is 4. The van der Waals surface area contributed by atoms with Crippen molar-refractivity contribution < 1.29 is 4.74 Å². The molecule has 0 aliphatic carbocycles. The van der Waals surface area contributed by atoms with Gasteiger partial charge in [0.15, 0.2) is 5.96 Å². The third-order valence-corrected chi connectivity index (χ3v) is 5.42. The van der Waals surface area contributed by atoms with Gasteiger partial charge in [0.1, 0.15) is 5.75 Å². The molecule has 2 heterocycles. The average Bonchev–Trinajstić information content (AvgIpc) is 2.80. The number of aliphatic imine (C=N–C) groups is 1. The number of aromatic nitrogens is 1. The molecule has 7 heteroatoms. The van der Waals surface area contributed by atoms with Crippen molar-refractivity contribution in [1.29, 1.82) is 0 Å². The van der Waals surface area contributed by atoms with Crippen LogP contribution in [0.1, 0.15) is 36.6 Å². The standard InChI is InChI=1S/C23H33N5O.HI/c1-24-23(26-15-13-20-8-4-5-14-25-20)27-18-22(28-16-6-3-7-17-28)19-9-11-21(29-2)12-10-19;/h4-5,8-12,14,22H,3,6-7,13,15-18H2,1-2H3,(H2,24,26,27);1H. The quantitative estimate of drug-likeness (QED) is 0.315. The van der Waals surface area contributed by atoms with Crippen LogP contribution in [0.2, 0.25) is 0 Å². The predicted molar refractivity (Wildman–Crippen MR) is 134 cm³/mol. The molecule has 1 aliphatic heterocycles.